The first-order valence-corrected chi connectivity index (χ1v) is 11.1. The Balaban J connectivity index is 1.93. The summed E-state index contributed by atoms with van der Waals surface area (Å²) >= 11 is 0. The molecule has 0 radical (unpaired) electrons. The van der Waals surface area contributed by atoms with Crippen LogP contribution in [0.15, 0.2) is 18.2 Å². The largest absolute Gasteiger partial charge is 0.0620 e. The summed E-state index contributed by atoms with van der Waals surface area (Å²) in [7, 11) is 0. The van der Waals surface area contributed by atoms with Crippen LogP contribution in [0.3, 0.4) is 0 Å². The molecule has 0 heteroatoms. The molecule has 0 spiro atoms. The summed E-state index contributed by atoms with van der Waals surface area (Å²) in [5.74, 6) is 4.69. The highest BCUT2D eigenvalue weighted by Crippen LogP contribution is 2.73. The first-order valence-electron chi connectivity index (χ1n) is 11.1. The SMILES string of the molecule is Cc1ccc2c(c1)C(C)C(C)C1C3CC(C)C(C)(C)C3(C)CC(C)C21C. The Bertz CT molecular complexity index is 728. The predicted molar refractivity (Wildman–Crippen MR) is 113 cm³/mol. The lowest BCUT2D eigenvalue weighted by Crippen LogP contribution is -2.59. The van der Waals surface area contributed by atoms with Crippen LogP contribution in [0.25, 0.3) is 0 Å². The average Bonchev–Trinajstić information content (AvgIpc) is 2.73. The van der Waals surface area contributed by atoms with E-state index >= 15 is 0 Å². The van der Waals surface area contributed by atoms with Crippen LogP contribution in [0, 0.1) is 47.3 Å². The molecule has 3 aliphatic carbocycles. The molecule has 0 bridgehead atoms. The molecule has 2 saturated carbocycles. The predicted octanol–water partition coefficient (Wildman–Crippen LogP) is 7.35. The third kappa shape index (κ3) is 1.97. The first kappa shape index (κ1) is 18.6. The molecule has 0 amide bonds. The summed E-state index contributed by atoms with van der Waals surface area (Å²) in [5.41, 5.74) is 6.02. The molecule has 0 aromatic heterocycles. The van der Waals surface area contributed by atoms with Gasteiger partial charge >= 0.3 is 0 Å². The van der Waals surface area contributed by atoms with Crippen molar-refractivity contribution in [2.24, 2.45) is 40.4 Å². The minimum atomic E-state index is 0.333. The van der Waals surface area contributed by atoms with Crippen LogP contribution in [0.4, 0.5) is 0 Å². The van der Waals surface area contributed by atoms with E-state index in [1.54, 1.807) is 11.1 Å². The minimum Gasteiger partial charge on any atom is -0.0620 e. The van der Waals surface area contributed by atoms with E-state index in [0.717, 1.165) is 29.6 Å². The highest BCUT2D eigenvalue weighted by atomic mass is 14.7. The van der Waals surface area contributed by atoms with Crippen molar-refractivity contribution in [2.45, 2.75) is 86.5 Å². The van der Waals surface area contributed by atoms with E-state index in [1.807, 2.05) is 0 Å². The molecule has 0 nitrogen and oxygen atoms in total. The Labute approximate surface area is 162 Å². The van der Waals surface area contributed by atoms with Crippen LogP contribution in [0.5, 0.6) is 0 Å². The van der Waals surface area contributed by atoms with Gasteiger partial charge in [-0.2, -0.15) is 0 Å². The van der Waals surface area contributed by atoms with E-state index in [4.69, 9.17) is 0 Å². The van der Waals surface area contributed by atoms with Crippen molar-refractivity contribution < 1.29 is 0 Å². The van der Waals surface area contributed by atoms with Crippen molar-refractivity contribution >= 4 is 0 Å². The zero-order chi connectivity index (χ0) is 19.2. The smallest absolute Gasteiger partial charge is 0.00128 e. The second-order valence-electron chi connectivity index (χ2n) is 11.5. The van der Waals surface area contributed by atoms with Crippen molar-refractivity contribution in [3.8, 4) is 0 Å². The maximum Gasteiger partial charge on any atom is -0.00128 e. The number of hydrogen-bond acceptors (Lipinski definition) is 0. The fourth-order valence-electron chi connectivity index (χ4n) is 8.03. The Hall–Kier alpha value is -0.780. The molecule has 4 rings (SSSR count). The highest BCUT2D eigenvalue weighted by molar-refractivity contribution is 5.44. The summed E-state index contributed by atoms with van der Waals surface area (Å²) in [6.45, 7) is 22.9. The molecule has 0 N–H and O–H groups in total. The molecule has 0 heterocycles. The lowest BCUT2D eigenvalue weighted by atomic mass is 9.40. The van der Waals surface area contributed by atoms with E-state index in [2.05, 4.69) is 80.5 Å². The lowest BCUT2D eigenvalue weighted by Gasteiger charge is -2.64. The van der Waals surface area contributed by atoms with Crippen LogP contribution < -0.4 is 0 Å². The zero-order valence-electron chi connectivity index (χ0n) is 18.6. The average molecular weight is 353 g/mol. The highest BCUT2D eigenvalue weighted by Gasteiger charge is 2.67. The topological polar surface area (TPSA) is 0 Å². The molecule has 2 fully saturated rings. The van der Waals surface area contributed by atoms with E-state index in [-0.39, 0.29) is 0 Å². The van der Waals surface area contributed by atoms with E-state index < -0.39 is 0 Å². The Morgan fingerprint density at radius 3 is 2.23 bits per heavy atom. The van der Waals surface area contributed by atoms with Crippen LogP contribution in [0.1, 0.15) is 90.8 Å². The van der Waals surface area contributed by atoms with Crippen molar-refractivity contribution in [1.82, 2.24) is 0 Å². The quantitative estimate of drug-likeness (QED) is 0.458. The molecule has 8 atom stereocenters. The molecule has 0 saturated heterocycles. The van der Waals surface area contributed by atoms with Gasteiger partial charge in [0.1, 0.15) is 0 Å². The van der Waals surface area contributed by atoms with Gasteiger partial charge in [-0.3, -0.25) is 0 Å². The minimum absolute atomic E-state index is 0.333. The number of rotatable bonds is 0. The second kappa shape index (κ2) is 5.39. The van der Waals surface area contributed by atoms with Gasteiger partial charge in [0.2, 0.25) is 0 Å². The monoisotopic (exact) mass is 352 g/mol. The van der Waals surface area contributed by atoms with Crippen LogP contribution in [-0.4, -0.2) is 0 Å². The molecule has 8 unspecified atom stereocenters. The summed E-state index contributed by atoms with van der Waals surface area (Å²) < 4.78 is 0. The lowest BCUT2D eigenvalue weighted by molar-refractivity contribution is -0.0939. The fourth-order valence-corrected chi connectivity index (χ4v) is 8.03. The van der Waals surface area contributed by atoms with E-state index in [0.29, 0.717) is 22.2 Å². The zero-order valence-corrected chi connectivity index (χ0v) is 18.6. The molecule has 26 heavy (non-hydrogen) atoms. The van der Waals surface area contributed by atoms with Gasteiger partial charge < -0.3 is 0 Å². The Kier molecular flexibility index (Phi) is 3.85. The fraction of sp³-hybridized carbons (Fsp3) is 0.769. The maximum absolute atomic E-state index is 2.65. The molecule has 144 valence electrons. The Morgan fingerprint density at radius 2 is 1.58 bits per heavy atom. The molecular formula is C26H40. The van der Waals surface area contributed by atoms with Gasteiger partial charge in [0, 0.05) is 0 Å². The van der Waals surface area contributed by atoms with Gasteiger partial charge in [-0.1, -0.05) is 79.2 Å². The van der Waals surface area contributed by atoms with Crippen molar-refractivity contribution in [3.05, 3.63) is 34.9 Å². The van der Waals surface area contributed by atoms with Crippen molar-refractivity contribution in [2.75, 3.05) is 0 Å². The summed E-state index contributed by atoms with van der Waals surface area (Å²) in [5, 5.41) is 0. The number of aryl methyl sites for hydroxylation is 1. The number of fused-ring (bicyclic) bond motifs is 5. The first-order chi connectivity index (χ1) is 12.0. The maximum atomic E-state index is 2.65. The summed E-state index contributed by atoms with van der Waals surface area (Å²) in [6.07, 6.45) is 2.81. The van der Waals surface area contributed by atoms with Gasteiger partial charge in [0.15, 0.2) is 0 Å². The Morgan fingerprint density at radius 1 is 0.923 bits per heavy atom. The van der Waals surface area contributed by atoms with Gasteiger partial charge in [0.05, 0.1) is 0 Å². The normalized spacial score (nSPS) is 49.3. The van der Waals surface area contributed by atoms with Gasteiger partial charge in [-0.05, 0) is 82.6 Å². The molecular weight excluding hydrogens is 312 g/mol. The standard InChI is InChI=1S/C26H40/c1-15-10-11-21-20(12-15)18(4)19(5)23-22-13-16(2)24(6,7)25(22,8)14-17(3)26(21,23)9/h10-12,16-19,22-23H,13-14H2,1-9H3. The number of benzene rings is 1. The number of hydrogen-bond donors (Lipinski definition) is 0. The molecule has 1 aromatic rings. The van der Waals surface area contributed by atoms with E-state index in [9.17, 15) is 0 Å². The third-order valence-electron chi connectivity index (χ3n) is 10.6. The summed E-state index contributed by atoms with van der Waals surface area (Å²) in [6, 6.07) is 7.37. The van der Waals surface area contributed by atoms with Gasteiger partial charge in [-0.25, -0.2) is 0 Å². The molecule has 0 aliphatic heterocycles. The van der Waals surface area contributed by atoms with Crippen LogP contribution in [-0.2, 0) is 5.41 Å². The third-order valence-corrected chi connectivity index (χ3v) is 10.6. The molecule has 1 aromatic carbocycles. The second-order valence-corrected chi connectivity index (χ2v) is 11.5. The van der Waals surface area contributed by atoms with E-state index in [1.165, 1.54) is 18.4 Å². The summed E-state index contributed by atoms with van der Waals surface area (Å²) in [4.78, 5) is 0. The van der Waals surface area contributed by atoms with Crippen molar-refractivity contribution in [3.63, 3.8) is 0 Å². The van der Waals surface area contributed by atoms with Crippen molar-refractivity contribution in [1.29, 1.82) is 0 Å². The van der Waals surface area contributed by atoms with Crippen LogP contribution in [0.2, 0.25) is 0 Å². The molecule has 3 aliphatic rings. The van der Waals surface area contributed by atoms with Gasteiger partial charge in [0.25, 0.3) is 0 Å². The van der Waals surface area contributed by atoms with Crippen LogP contribution >= 0.6 is 0 Å². The van der Waals surface area contributed by atoms with Gasteiger partial charge in [-0.15, -0.1) is 0 Å².